The molecule has 19 atom stereocenters. The molecule has 612 valence electrons. The number of aromatic hydroxyl groups is 3. The van der Waals surface area contributed by atoms with Gasteiger partial charge in [0.15, 0.2) is 23.8 Å². The summed E-state index contributed by atoms with van der Waals surface area (Å²) in [6, 6.07) is 7.93. The molecule has 8 heterocycles. The molecule has 2 unspecified atom stereocenters. The Hall–Kier alpha value is -10.1. The summed E-state index contributed by atoms with van der Waals surface area (Å²) in [5, 5.41) is 161. The van der Waals surface area contributed by atoms with Crippen LogP contribution in [0.15, 0.2) is 115 Å². The van der Waals surface area contributed by atoms with Gasteiger partial charge in [-0.25, -0.2) is 4.79 Å². The maximum atomic E-state index is 16.1. The van der Waals surface area contributed by atoms with Gasteiger partial charge in [0.2, 0.25) is 53.4 Å². The van der Waals surface area contributed by atoms with Crippen molar-refractivity contribution in [3.05, 3.63) is 163 Å². The van der Waals surface area contributed by atoms with Gasteiger partial charge in [0.05, 0.1) is 29.1 Å². The van der Waals surface area contributed by atoms with Crippen LogP contribution in [0.1, 0.15) is 90.4 Å². The molecule has 7 aromatic rings. The molecule has 0 radical (unpaired) electrons. The normalized spacial score (nSPS) is 27.3. The van der Waals surface area contributed by atoms with Crippen molar-refractivity contribution in [3.63, 3.8) is 0 Å². The van der Waals surface area contributed by atoms with Crippen LogP contribution in [0.4, 0.5) is 0 Å². The maximum Gasteiger partial charge on any atom is 0.330 e. The van der Waals surface area contributed by atoms with Gasteiger partial charge in [-0.1, -0.05) is 79.0 Å². The first-order valence-corrected chi connectivity index (χ1v) is 37.8. The van der Waals surface area contributed by atoms with Crippen molar-refractivity contribution >= 4 is 93.5 Å². The van der Waals surface area contributed by atoms with Crippen LogP contribution in [0.3, 0.4) is 0 Å². The highest BCUT2D eigenvalue weighted by Crippen LogP contribution is 2.50. The Morgan fingerprint density at radius 2 is 1.24 bits per heavy atom. The number of phenolic OH excluding ortho intramolecular Hbond substituents is 3. The van der Waals surface area contributed by atoms with E-state index in [9.17, 15) is 85.3 Å². The standard InChI is InChI=1S/C76H80Cl3N9O26S/c1-28(2)14-41(81-3)68(101)87-57-59(94)32-7-12-45(39(78)17-32)109-47-19-34-20-48(66(47)113-76-65(100)63(98)67(50(26-89)112-76)114-75-64(99)62(97)61(96)49(111-75)25-82-24-29-15-51(115-27-29)30-4-9-35(77)10-5-30)110-46-13-8-33(18-40(46)79)60(95)58-73(106)86-56(74(107)108)38-21-36(90)22-44(92)53(38)37-16-31(6-11-43(37)91)54(70(103)88-58)85-71(104)55(34)84-69(102)42(23-52(80)93)83-72(57)105/h4-13,15-22,27-28,41-42,49-50,54-65,67,75-76,81-82,89-92,94-100H,14,23-26H2,1-3H3,(H2,80,93)(H,83,105)(H,84,102)(H,85,104)(H,86,106)(H,87,101)(H,88,103)(H,107,108)/t41-,42+,49-,50-,54-,55-,56?,57?,58+,59-,60-,61+,62+,63-,64-,65-,67-,75+,76+/m1/s1. The molecular weight excluding hydrogens is 1590 g/mol. The van der Waals surface area contributed by atoms with Crippen LogP contribution in [0, 0.1) is 5.92 Å². The highest BCUT2D eigenvalue weighted by Gasteiger charge is 2.52. The van der Waals surface area contributed by atoms with E-state index in [4.69, 9.17) is 69.0 Å². The molecule has 7 aliphatic heterocycles. The number of aliphatic hydroxyl groups excluding tert-OH is 8. The molecule has 0 spiro atoms. The van der Waals surface area contributed by atoms with Gasteiger partial charge >= 0.3 is 5.97 Å². The second kappa shape index (κ2) is 35.6. The summed E-state index contributed by atoms with van der Waals surface area (Å²) in [4.78, 5) is 118. The number of likely N-dealkylation sites (N-methyl/N-ethyl adjacent to an activating group) is 1. The number of rotatable bonds is 18. The van der Waals surface area contributed by atoms with Crippen molar-refractivity contribution in [3.8, 4) is 67.6 Å². The van der Waals surface area contributed by atoms with Crippen LogP contribution >= 0.6 is 46.1 Å². The summed E-state index contributed by atoms with van der Waals surface area (Å²) in [6.45, 7) is 2.61. The van der Waals surface area contributed by atoms with Crippen molar-refractivity contribution < 1.29 is 128 Å². The fourth-order valence-corrected chi connectivity index (χ4v) is 15.3. The second-order valence-corrected chi connectivity index (χ2v) is 30.4. The summed E-state index contributed by atoms with van der Waals surface area (Å²) in [5.74, 6) is -16.5. The number of fused-ring (bicyclic) bond motifs is 15. The molecule has 2 saturated heterocycles. The molecule has 6 aromatic carbocycles. The van der Waals surface area contributed by atoms with E-state index in [0.717, 1.165) is 88.8 Å². The van der Waals surface area contributed by atoms with Gasteiger partial charge in [-0.15, -0.1) is 11.3 Å². The Kier molecular flexibility index (Phi) is 26.1. The van der Waals surface area contributed by atoms with Gasteiger partial charge in [0, 0.05) is 45.7 Å². The van der Waals surface area contributed by atoms with E-state index in [1.807, 2.05) is 23.6 Å². The lowest BCUT2D eigenvalue weighted by Crippen LogP contribution is -2.65. The quantitative estimate of drug-likeness (QED) is 0.0583. The van der Waals surface area contributed by atoms with Gasteiger partial charge in [0.1, 0.15) is 120 Å². The Balaban J connectivity index is 0.984. The fraction of sp³-hybridized carbons (Fsp3) is 0.368. The third-order valence-electron chi connectivity index (χ3n) is 19.8. The smallest absolute Gasteiger partial charge is 0.330 e. The lowest BCUT2D eigenvalue weighted by atomic mass is 9.89. The number of amides is 7. The summed E-state index contributed by atoms with van der Waals surface area (Å²) in [5.41, 5.74) is 4.48. The zero-order valence-electron chi connectivity index (χ0n) is 60.8. The van der Waals surface area contributed by atoms with E-state index >= 15 is 14.4 Å². The molecule has 0 aliphatic carbocycles. The van der Waals surface area contributed by atoms with E-state index in [0.29, 0.717) is 5.02 Å². The number of carbonyl (C=O) groups excluding carboxylic acids is 7. The first kappa shape index (κ1) is 84.3. The second-order valence-electron chi connectivity index (χ2n) is 28.3. The molecule has 0 saturated carbocycles. The molecule has 39 heteroatoms. The summed E-state index contributed by atoms with van der Waals surface area (Å²) < 4.78 is 37.9. The van der Waals surface area contributed by atoms with E-state index < -0.39 is 255 Å². The Morgan fingerprint density at radius 3 is 1.87 bits per heavy atom. The number of aliphatic carboxylic acids is 1. The number of hydrogen-bond acceptors (Lipinski definition) is 28. The highest BCUT2D eigenvalue weighted by molar-refractivity contribution is 7.13. The minimum absolute atomic E-state index is 0.116. The van der Waals surface area contributed by atoms with Crippen LogP contribution in [0.2, 0.25) is 15.1 Å². The molecule has 35 nitrogen and oxygen atoms in total. The van der Waals surface area contributed by atoms with E-state index in [1.54, 1.807) is 26.0 Å². The van der Waals surface area contributed by atoms with Gasteiger partial charge in [0.25, 0.3) is 0 Å². The average Bonchev–Trinajstić information content (AvgIpc) is 1.39. The minimum atomic E-state index is -2.39. The number of carbonyl (C=O) groups is 8. The van der Waals surface area contributed by atoms with Crippen molar-refractivity contribution in [2.45, 2.75) is 149 Å². The summed E-state index contributed by atoms with van der Waals surface area (Å²) in [6.07, 6.45) is -24.7. The number of nitrogens with one attached hydrogen (secondary N) is 8. The van der Waals surface area contributed by atoms with Crippen molar-refractivity contribution in [2.75, 3.05) is 20.2 Å². The molecular formula is C76H80Cl3N9O26S. The van der Waals surface area contributed by atoms with E-state index in [-0.39, 0.29) is 42.1 Å². The first-order valence-electron chi connectivity index (χ1n) is 35.8. The number of carboxylic acids is 1. The number of halogens is 3. The molecule has 7 aliphatic rings. The third-order valence-corrected chi connectivity index (χ3v) is 21.7. The van der Waals surface area contributed by atoms with Crippen LogP contribution in [-0.2, 0) is 59.1 Å². The lowest BCUT2D eigenvalue weighted by Gasteiger charge is -2.46. The largest absolute Gasteiger partial charge is 0.508 e. The van der Waals surface area contributed by atoms with Crippen molar-refractivity contribution in [1.82, 2.24) is 42.5 Å². The van der Waals surface area contributed by atoms with Crippen LogP contribution in [-0.4, -0.2) is 214 Å². The SMILES string of the molecule is CN[C@H](CC(C)C)C(=O)NC1C(=O)N[C@@H](CC(N)=O)C(=O)N[C@H]2C(=O)N[C@H]3C(=O)N[C@H](C(=O)NC(C(=O)O)c4cc(O)cc(O)c4-c4cc3ccc4O)[C@H](O)c3ccc(c(Cl)c3)Oc3cc2cc(c3O[C@@H]2O[C@H](CO)[C@@H](O[C@@H]3O[C@H](CNCc4csc(-c5ccc(Cl)cc5)c4)[C@H](O)[C@H](O)[C@H]3O)[C@H](O)[C@H]2O)Oc2ccc(cc2Cl)[C@H]1O. The first-order chi connectivity index (χ1) is 54.7. The average molecular weight is 1670 g/mol. The molecule has 2 fully saturated rings. The van der Waals surface area contributed by atoms with E-state index in [2.05, 4.69) is 42.5 Å². The molecule has 7 amide bonds. The third kappa shape index (κ3) is 18.4. The van der Waals surface area contributed by atoms with Crippen molar-refractivity contribution in [1.29, 1.82) is 0 Å². The molecule has 1 aromatic heterocycles. The van der Waals surface area contributed by atoms with Gasteiger partial charge in [-0.3, -0.25) is 33.6 Å². The fourth-order valence-electron chi connectivity index (χ4n) is 13.8. The predicted molar refractivity (Wildman–Crippen MR) is 405 cm³/mol. The number of benzene rings is 6. The zero-order chi connectivity index (χ0) is 82.9. The van der Waals surface area contributed by atoms with Gasteiger partial charge in [-0.2, -0.15) is 0 Å². The Bertz CT molecular complexity index is 4870. The number of aliphatic hydroxyl groups is 8. The molecule has 115 heavy (non-hydrogen) atoms. The predicted octanol–water partition coefficient (Wildman–Crippen LogP) is 1.87. The van der Waals surface area contributed by atoms with Gasteiger partial charge < -0.3 is 138 Å². The minimum Gasteiger partial charge on any atom is -0.508 e. The topological polar surface area (TPSA) is 557 Å². The number of primary amides is 1. The maximum absolute atomic E-state index is 16.1. The lowest BCUT2D eigenvalue weighted by molar-refractivity contribution is -0.350. The number of ether oxygens (including phenoxy) is 6. The summed E-state index contributed by atoms with van der Waals surface area (Å²) in [7, 11) is 1.46. The number of thiophene rings is 1. The monoisotopic (exact) mass is 1670 g/mol. The summed E-state index contributed by atoms with van der Waals surface area (Å²) >= 11 is 21.7. The number of carboxylic acid groups (broad SMARTS) is 1. The number of phenols is 3. The Labute approximate surface area is 672 Å². The number of nitrogens with two attached hydrogens (primary N) is 1. The highest BCUT2D eigenvalue weighted by atomic mass is 35.5. The Morgan fingerprint density at radius 1 is 0.626 bits per heavy atom. The van der Waals surface area contributed by atoms with Crippen molar-refractivity contribution in [2.24, 2.45) is 11.7 Å². The molecule has 11 bridgehead atoms. The molecule has 22 N–H and O–H groups in total. The van der Waals surface area contributed by atoms with E-state index in [1.165, 1.54) is 24.5 Å². The van der Waals surface area contributed by atoms with Crippen LogP contribution < -0.4 is 62.5 Å². The van der Waals surface area contributed by atoms with Crippen LogP contribution in [0.5, 0.6) is 46.0 Å². The zero-order valence-corrected chi connectivity index (χ0v) is 63.8. The van der Waals surface area contributed by atoms with Gasteiger partial charge in [-0.05, 0) is 131 Å². The number of hydrogen-bond donors (Lipinski definition) is 21. The molecule has 14 rings (SSSR count). The van der Waals surface area contributed by atoms with Crippen LogP contribution in [0.25, 0.3) is 21.6 Å².